The summed E-state index contributed by atoms with van der Waals surface area (Å²) in [4.78, 5) is 12.6. The summed E-state index contributed by atoms with van der Waals surface area (Å²) >= 11 is 1.49. The van der Waals surface area contributed by atoms with Gasteiger partial charge in [-0.2, -0.15) is 0 Å². The molecule has 1 aliphatic heterocycles. The SMILES string of the molecule is COc1ccccc1-c1c(CO)sc2cnc(Nc3ccc(C4CCN(C)C4)cc3OC(C)C)nc12. The number of ether oxygens (including phenoxy) is 2. The molecule has 2 N–H and O–H groups in total. The molecule has 36 heavy (non-hydrogen) atoms. The van der Waals surface area contributed by atoms with Crippen molar-refractivity contribution in [3.8, 4) is 22.6 Å². The third-order valence-electron chi connectivity index (χ3n) is 6.50. The molecule has 0 saturated carbocycles. The largest absolute Gasteiger partial charge is 0.496 e. The Morgan fingerprint density at radius 1 is 1.19 bits per heavy atom. The molecular formula is C28H32N4O3S. The summed E-state index contributed by atoms with van der Waals surface area (Å²) in [6.45, 7) is 6.16. The van der Waals surface area contributed by atoms with Crippen molar-refractivity contribution in [2.24, 2.45) is 0 Å². The predicted molar refractivity (Wildman–Crippen MR) is 146 cm³/mol. The highest BCUT2D eigenvalue weighted by atomic mass is 32.1. The van der Waals surface area contributed by atoms with Gasteiger partial charge in [0.15, 0.2) is 0 Å². The summed E-state index contributed by atoms with van der Waals surface area (Å²) in [6.07, 6.45) is 3.00. The highest BCUT2D eigenvalue weighted by Crippen LogP contribution is 2.42. The van der Waals surface area contributed by atoms with E-state index >= 15 is 0 Å². The van der Waals surface area contributed by atoms with Crippen molar-refractivity contribution in [2.75, 3.05) is 32.6 Å². The van der Waals surface area contributed by atoms with E-state index in [1.165, 1.54) is 16.9 Å². The highest BCUT2D eigenvalue weighted by molar-refractivity contribution is 7.19. The lowest BCUT2D eigenvalue weighted by atomic mass is 9.98. The van der Waals surface area contributed by atoms with Gasteiger partial charge in [0.05, 0.1) is 41.9 Å². The predicted octanol–water partition coefficient (Wildman–Crippen LogP) is 5.81. The quantitative estimate of drug-likeness (QED) is 0.313. The molecule has 0 radical (unpaired) electrons. The maximum absolute atomic E-state index is 10.1. The van der Waals surface area contributed by atoms with E-state index in [-0.39, 0.29) is 12.7 Å². The Balaban J connectivity index is 1.53. The zero-order chi connectivity index (χ0) is 25.2. The first-order chi connectivity index (χ1) is 17.5. The number of aromatic nitrogens is 2. The minimum atomic E-state index is -0.0820. The average molecular weight is 505 g/mol. The minimum absolute atomic E-state index is 0.0385. The maximum atomic E-state index is 10.1. The van der Waals surface area contributed by atoms with E-state index in [0.29, 0.717) is 11.9 Å². The number of aliphatic hydroxyl groups excluding tert-OH is 1. The fraction of sp³-hybridized carbons (Fsp3) is 0.357. The lowest BCUT2D eigenvalue weighted by molar-refractivity contribution is 0.243. The van der Waals surface area contributed by atoms with E-state index in [0.717, 1.165) is 62.9 Å². The second-order valence-electron chi connectivity index (χ2n) is 9.46. The number of methoxy groups -OCH3 is 1. The number of nitrogens with zero attached hydrogens (tertiary/aromatic N) is 3. The topological polar surface area (TPSA) is 79.7 Å². The van der Waals surface area contributed by atoms with Crippen LogP contribution in [-0.4, -0.2) is 53.3 Å². The summed E-state index contributed by atoms with van der Waals surface area (Å²) in [7, 11) is 3.82. The van der Waals surface area contributed by atoms with Crippen LogP contribution >= 0.6 is 11.3 Å². The number of rotatable bonds is 8. The van der Waals surface area contributed by atoms with Crippen molar-refractivity contribution in [1.82, 2.24) is 14.9 Å². The van der Waals surface area contributed by atoms with Crippen LogP contribution < -0.4 is 14.8 Å². The Morgan fingerprint density at radius 3 is 2.75 bits per heavy atom. The van der Waals surface area contributed by atoms with Gasteiger partial charge in [0.25, 0.3) is 0 Å². The first kappa shape index (κ1) is 24.5. The number of aliphatic hydroxyl groups is 1. The Bertz CT molecular complexity index is 1370. The van der Waals surface area contributed by atoms with Crippen LogP contribution in [0.3, 0.4) is 0 Å². The van der Waals surface area contributed by atoms with E-state index in [9.17, 15) is 5.11 Å². The number of hydrogen-bond acceptors (Lipinski definition) is 8. The van der Waals surface area contributed by atoms with E-state index in [4.69, 9.17) is 14.5 Å². The van der Waals surface area contributed by atoms with Gasteiger partial charge in [0.1, 0.15) is 11.5 Å². The zero-order valence-electron chi connectivity index (χ0n) is 21.1. The maximum Gasteiger partial charge on any atom is 0.227 e. The number of likely N-dealkylation sites (N-methyl/N-ethyl adjacent to an activating group) is 1. The molecule has 7 nitrogen and oxygen atoms in total. The summed E-state index contributed by atoms with van der Waals surface area (Å²) in [5, 5.41) is 13.5. The third kappa shape index (κ3) is 4.89. The van der Waals surface area contributed by atoms with E-state index in [1.807, 2.05) is 38.1 Å². The van der Waals surface area contributed by atoms with Crippen LogP contribution in [0.25, 0.3) is 21.3 Å². The summed E-state index contributed by atoms with van der Waals surface area (Å²) < 4.78 is 12.7. The first-order valence-corrected chi connectivity index (χ1v) is 13.1. The van der Waals surface area contributed by atoms with Crippen LogP contribution in [0.2, 0.25) is 0 Å². The molecule has 188 valence electrons. The van der Waals surface area contributed by atoms with Crippen molar-refractivity contribution in [1.29, 1.82) is 0 Å². The van der Waals surface area contributed by atoms with Crippen molar-refractivity contribution in [3.05, 3.63) is 59.1 Å². The molecule has 0 amide bonds. The van der Waals surface area contributed by atoms with E-state index < -0.39 is 0 Å². The van der Waals surface area contributed by atoms with Gasteiger partial charge in [-0.15, -0.1) is 11.3 Å². The van der Waals surface area contributed by atoms with Gasteiger partial charge in [-0.1, -0.05) is 24.3 Å². The zero-order valence-corrected chi connectivity index (χ0v) is 21.9. The standard InChI is InChI=1S/C28H32N4O3S/c1-17(2)35-23-13-18(19-11-12-32(3)15-19)9-10-21(23)30-28-29-14-24-27(31-28)26(25(16-33)36-24)20-7-5-6-8-22(20)34-4/h5-10,13-14,17,19,33H,11-12,15-16H2,1-4H3,(H,29,30,31). The lowest BCUT2D eigenvalue weighted by Crippen LogP contribution is -2.13. The molecule has 2 aromatic heterocycles. The highest BCUT2D eigenvalue weighted by Gasteiger charge is 2.23. The molecule has 5 rings (SSSR count). The smallest absolute Gasteiger partial charge is 0.227 e. The normalized spacial score (nSPS) is 16.1. The van der Waals surface area contributed by atoms with E-state index in [1.54, 1.807) is 13.3 Å². The van der Waals surface area contributed by atoms with Crippen LogP contribution in [0.4, 0.5) is 11.6 Å². The minimum Gasteiger partial charge on any atom is -0.496 e. The third-order valence-corrected chi connectivity index (χ3v) is 7.60. The van der Waals surface area contributed by atoms with Gasteiger partial charge >= 0.3 is 0 Å². The summed E-state index contributed by atoms with van der Waals surface area (Å²) in [5.41, 5.74) is 4.67. The van der Waals surface area contributed by atoms with Crippen LogP contribution in [0, 0.1) is 0 Å². The molecule has 3 heterocycles. The van der Waals surface area contributed by atoms with Crippen molar-refractivity contribution >= 4 is 33.2 Å². The first-order valence-electron chi connectivity index (χ1n) is 12.3. The molecule has 8 heteroatoms. The van der Waals surface area contributed by atoms with Gasteiger partial charge in [-0.3, -0.25) is 0 Å². The number of hydrogen-bond donors (Lipinski definition) is 2. The summed E-state index contributed by atoms with van der Waals surface area (Å²) in [5.74, 6) is 2.52. The Labute approximate surface area is 215 Å². The second-order valence-corrected chi connectivity index (χ2v) is 10.6. The molecular weight excluding hydrogens is 472 g/mol. The van der Waals surface area contributed by atoms with Gasteiger partial charge in [0.2, 0.25) is 5.95 Å². The number of likely N-dealkylation sites (tertiary alicyclic amines) is 1. The lowest BCUT2D eigenvalue weighted by Gasteiger charge is -2.18. The number of benzene rings is 2. The number of anilines is 2. The number of thiophene rings is 1. The average Bonchev–Trinajstić information content (AvgIpc) is 3.47. The summed E-state index contributed by atoms with van der Waals surface area (Å²) in [6, 6.07) is 14.2. The molecule has 2 aromatic carbocycles. The number of nitrogens with one attached hydrogen (secondary N) is 1. The van der Waals surface area contributed by atoms with Crippen LogP contribution in [0.5, 0.6) is 11.5 Å². The van der Waals surface area contributed by atoms with Crippen LogP contribution in [0.15, 0.2) is 48.7 Å². The molecule has 0 spiro atoms. The molecule has 4 aromatic rings. The Hall–Kier alpha value is -3.20. The molecule has 1 fully saturated rings. The van der Waals surface area contributed by atoms with Crippen molar-refractivity contribution < 1.29 is 14.6 Å². The molecule has 1 saturated heterocycles. The van der Waals surface area contributed by atoms with Gasteiger partial charge < -0.3 is 24.8 Å². The van der Waals surface area contributed by atoms with Crippen molar-refractivity contribution in [2.45, 2.75) is 38.9 Å². The van der Waals surface area contributed by atoms with Gasteiger partial charge in [0, 0.05) is 22.5 Å². The molecule has 1 atom stereocenters. The van der Waals surface area contributed by atoms with Crippen molar-refractivity contribution in [3.63, 3.8) is 0 Å². The molecule has 1 unspecified atom stereocenters. The molecule has 0 bridgehead atoms. The van der Waals surface area contributed by atoms with Gasteiger partial charge in [-0.25, -0.2) is 9.97 Å². The Kier molecular flexibility index (Phi) is 7.09. The number of para-hydroxylation sites is 1. The Morgan fingerprint density at radius 2 is 2.03 bits per heavy atom. The monoisotopic (exact) mass is 504 g/mol. The van der Waals surface area contributed by atoms with Crippen LogP contribution in [0.1, 0.15) is 36.6 Å². The fourth-order valence-corrected chi connectivity index (χ4v) is 5.80. The number of fused-ring (bicyclic) bond motifs is 1. The van der Waals surface area contributed by atoms with Crippen LogP contribution in [-0.2, 0) is 6.61 Å². The molecule has 1 aliphatic rings. The second kappa shape index (κ2) is 10.4. The van der Waals surface area contributed by atoms with Gasteiger partial charge in [-0.05, 0) is 63.5 Å². The fourth-order valence-electron chi connectivity index (χ4n) is 4.82. The molecule has 0 aliphatic carbocycles. The van der Waals surface area contributed by atoms with E-state index in [2.05, 4.69) is 40.4 Å².